The molecule has 1 unspecified atom stereocenters. The summed E-state index contributed by atoms with van der Waals surface area (Å²) in [4.78, 5) is 26.6. The van der Waals surface area contributed by atoms with E-state index in [2.05, 4.69) is 5.32 Å². The third kappa shape index (κ3) is 2.85. The van der Waals surface area contributed by atoms with Gasteiger partial charge < -0.3 is 20.7 Å². The lowest BCUT2D eigenvalue weighted by Gasteiger charge is -2.25. The highest BCUT2D eigenvalue weighted by atomic mass is 16.5. The van der Waals surface area contributed by atoms with Gasteiger partial charge in [0.15, 0.2) is 0 Å². The molecule has 0 aromatic heterocycles. The first-order chi connectivity index (χ1) is 11.1. The number of carbonyl (C=O) groups is 2. The Morgan fingerprint density at radius 3 is 2.74 bits per heavy atom. The van der Waals surface area contributed by atoms with E-state index in [1.807, 2.05) is 13.0 Å². The lowest BCUT2D eigenvalue weighted by molar-refractivity contribution is -0.128. The average molecular weight is 317 g/mol. The second-order valence-corrected chi connectivity index (χ2v) is 6.14. The number of nitrogens with one attached hydrogen (secondary N) is 1. The third-order valence-corrected chi connectivity index (χ3v) is 4.59. The van der Waals surface area contributed by atoms with Crippen LogP contribution >= 0.6 is 0 Å². The van der Waals surface area contributed by atoms with Crippen LogP contribution in [0.2, 0.25) is 0 Å². The van der Waals surface area contributed by atoms with Crippen molar-refractivity contribution < 1.29 is 14.3 Å². The average Bonchev–Trinajstić information content (AvgIpc) is 3.37. The van der Waals surface area contributed by atoms with Gasteiger partial charge in [-0.05, 0) is 44.7 Å². The molecule has 3 rings (SSSR count). The number of fused-ring (bicyclic) bond motifs is 1. The molecule has 124 valence electrons. The summed E-state index contributed by atoms with van der Waals surface area (Å²) >= 11 is 0. The van der Waals surface area contributed by atoms with Crippen molar-refractivity contribution in [2.45, 2.75) is 38.6 Å². The molecule has 1 aromatic carbocycles. The Morgan fingerprint density at radius 2 is 2.13 bits per heavy atom. The minimum atomic E-state index is -0.485. The lowest BCUT2D eigenvalue weighted by atomic mass is 10.0. The maximum atomic E-state index is 12.8. The number of anilines is 2. The van der Waals surface area contributed by atoms with E-state index in [4.69, 9.17) is 10.5 Å². The Morgan fingerprint density at radius 1 is 1.39 bits per heavy atom. The molecule has 1 aliphatic carbocycles. The number of nitrogens with zero attached hydrogens (tertiary/aromatic N) is 1. The lowest BCUT2D eigenvalue weighted by Crippen LogP contribution is -2.48. The van der Waals surface area contributed by atoms with Crippen molar-refractivity contribution in [1.82, 2.24) is 5.32 Å². The number of hydrogen-bond acceptors (Lipinski definition) is 4. The van der Waals surface area contributed by atoms with E-state index in [-0.39, 0.29) is 17.7 Å². The van der Waals surface area contributed by atoms with Crippen molar-refractivity contribution in [2.75, 3.05) is 24.3 Å². The van der Waals surface area contributed by atoms with Gasteiger partial charge in [0, 0.05) is 18.0 Å². The number of benzene rings is 1. The Hall–Kier alpha value is -2.24. The van der Waals surface area contributed by atoms with Gasteiger partial charge in [0.2, 0.25) is 11.8 Å². The molecule has 2 amide bonds. The van der Waals surface area contributed by atoms with Crippen molar-refractivity contribution in [1.29, 1.82) is 0 Å². The molecule has 1 aliphatic heterocycles. The van der Waals surface area contributed by atoms with Crippen molar-refractivity contribution >= 4 is 23.2 Å². The number of nitrogen functional groups attached to an aromatic ring is 1. The van der Waals surface area contributed by atoms with E-state index >= 15 is 0 Å². The highest BCUT2D eigenvalue weighted by Gasteiger charge is 2.36. The number of ether oxygens (including phenoxy) is 1. The van der Waals surface area contributed by atoms with Crippen LogP contribution in [0.15, 0.2) is 12.1 Å². The fourth-order valence-electron chi connectivity index (χ4n) is 3.19. The van der Waals surface area contributed by atoms with Gasteiger partial charge in [-0.15, -0.1) is 0 Å². The van der Waals surface area contributed by atoms with Gasteiger partial charge in [0.25, 0.3) is 0 Å². The van der Waals surface area contributed by atoms with Crippen LogP contribution in [0.1, 0.15) is 31.7 Å². The van der Waals surface area contributed by atoms with Crippen LogP contribution in [0.25, 0.3) is 0 Å². The topological polar surface area (TPSA) is 84.7 Å². The summed E-state index contributed by atoms with van der Waals surface area (Å²) in [5.74, 6) is 0.653. The van der Waals surface area contributed by atoms with Gasteiger partial charge in [-0.1, -0.05) is 0 Å². The van der Waals surface area contributed by atoms with Gasteiger partial charge >= 0.3 is 0 Å². The molecule has 6 nitrogen and oxygen atoms in total. The van der Waals surface area contributed by atoms with E-state index < -0.39 is 6.04 Å². The molecule has 1 saturated carbocycles. The summed E-state index contributed by atoms with van der Waals surface area (Å²) in [6.07, 6.45) is 3.05. The van der Waals surface area contributed by atoms with E-state index in [1.165, 1.54) is 0 Å². The van der Waals surface area contributed by atoms with Crippen LogP contribution in [0.5, 0.6) is 5.75 Å². The molecule has 23 heavy (non-hydrogen) atoms. The van der Waals surface area contributed by atoms with Gasteiger partial charge in [-0.25, -0.2) is 0 Å². The molecule has 1 atom stereocenters. The summed E-state index contributed by atoms with van der Waals surface area (Å²) in [5.41, 5.74) is 8.32. The maximum Gasteiger partial charge on any atom is 0.249 e. The zero-order valence-electron chi connectivity index (χ0n) is 13.6. The Labute approximate surface area is 136 Å². The van der Waals surface area contributed by atoms with Crippen LogP contribution in [-0.4, -0.2) is 31.5 Å². The van der Waals surface area contributed by atoms with E-state index in [0.29, 0.717) is 30.8 Å². The number of rotatable bonds is 4. The number of nitrogens with two attached hydrogens (primary N) is 1. The zero-order valence-corrected chi connectivity index (χ0v) is 13.6. The number of carbonyl (C=O) groups excluding carboxylic acids is 2. The minimum absolute atomic E-state index is 0.00293. The minimum Gasteiger partial charge on any atom is -0.494 e. The fourth-order valence-corrected chi connectivity index (χ4v) is 3.19. The first-order valence-corrected chi connectivity index (χ1v) is 8.13. The number of likely N-dealkylation sites (N-methyl/N-ethyl adjacent to an activating group) is 1. The number of hydrogen-bond donors (Lipinski definition) is 2. The Kier molecular flexibility index (Phi) is 4.15. The van der Waals surface area contributed by atoms with Crippen LogP contribution in [-0.2, 0) is 16.0 Å². The Balaban J connectivity index is 1.92. The van der Waals surface area contributed by atoms with E-state index in [0.717, 1.165) is 24.1 Å². The van der Waals surface area contributed by atoms with E-state index in [1.54, 1.807) is 18.1 Å². The van der Waals surface area contributed by atoms with Gasteiger partial charge in [0.05, 0.1) is 18.5 Å². The predicted octanol–water partition coefficient (Wildman–Crippen LogP) is 1.47. The highest BCUT2D eigenvalue weighted by molar-refractivity contribution is 6.01. The smallest absolute Gasteiger partial charge is 0.249 e. The summed E-state index contributed by atoms with van der Waals surface area (Å²) in [6, 6.07) is 3.14. The molecule has 0 bridgehead atoms. The Bertz CT molecular complexity index is 640. The molecule has 6 heteroatoms. The van der Waals surface area contributed by atoms with Crippen LogP contribution in [0.3, 0.4) is 0 Å². The summed E-state index contributed by atoms with van der Waals surface area (Å²) in [6.45, 7) is 2.46. The molecule has 1 aromatic rings. The third-order valence-electron chi connectivity index (χ3n) is 4.59. The number of amides is 2. The van der Waals surface area contributed by atoms with Gasteiger partial charge in [0.1, 0.15) is 11.8 Å². The number of methoxy groups -OCH3 is 1. The summed E-state index contributed by atoms with van der Waals surface area (Å²) in [5, 5.41) is 2.92. The first kappa shape index (κ1) is 15.6. The molecular weight excluding hydrogens is 294 g/mol. The SMILES string of the molecule is CCN1C(=O)C(NC(=O)C2CC2)CCc2c1ccc(N)c2OC. The molecule has 1 heterocycles. The summed E-state index contributed by atoms with van der Waals surface area (Å²) in [7, 11) is 1.58. The fraction of sp³-hybridized carbons (Fsp3) is 0.529. The molecule has 0 radical (unpaired) electrons. The maximum absolute atomic E-state index is 12.8. The molecule has 2 aliphatic rings. The van der Waals surface area contributed by atoms with Gasteiger partial charge in [-0.2, -0.15) is 0 Å². The molecular formula is C17H23N3O3. The van der Waals surface area contributed by atoms with Crippen molar-refractivity contribution in [3.8, 4) is 5.75 Å². The van der Waals surface area contributed by atoms with Crippen LogP contribution < -0.4 is 20.7 Å². The summed E-state index contributed by atoms with van der Waals surface area (Å²) < 4.78 is 5.44. The highest BCUT2D eigenvalue weighted by Crippen LogP contribution is 2.38. The predicted molar refractivity (Wildman–Crippen MR) is 88.4 cm³/mol. The van der Waals surface area contributed by atoms with E-state index in [9.17, 15) is 9.59 Å². The quantitative estimate of drug-likeness (QED) is 0.824. The molecule has 1 fully saturated rings. The monoisotopic (exact) mass is 317 g/mol. The largest absolute Gasteiger partial charge is 0.494 e. The van der Waals surface area contributed by atoms with Gasteiger partial charge in [-0.3, -0.25) is 9.59 Å². The van der Waals surface area contributed by atoms with Crippen molar-refractivity contribution in [2.24, 2.45) is 5.92 Å². The first-order valence-electron chi connectivity index (χ1n) is 8.13. The second kappa shape index (κ2) is 6.10. The second-order valence-electron chi connectivity index (χ2n) is 6.14. The van der Waals surface area contributed by atoms with Crippen molar-refractivity contribution in [3.05, 3.63) is 17.7 Å². The molecule has 3 N–H and O–H groups in total. The molecule has 0 spiro atoms. The normalized spacial score (nSPS) is 20.7. The standard InChI is InChI=1S/C17H23N3O3/c1-3-20-14-9-7-12(18)15(23-2)11(14)6-8-13(17(20)22)19-16(21)10-4-5-10/h7,9-10,13H,3-6,8,18H2,1-2H3,(H,19,21). The van der Waals surface area contributed by atoms with Crippen molar-refractivity contribution in [3.63, 3.8) is 0 Å². The molecule has 0 saturated heterocycles. The van der Waals surface area contributed by atoms with Crippen LogP contribution in [0, 0.1) is 5.92 Å². The zero-order chi connectivity index (χ0) is 16.6. The van der Waals surface area contributed by atoms with Crippen LogP contribution in [0.4, 0.5) is 11.4 Å².